The molecular formula is C16H14Cl2N4O2. The number of benzene rings is 2. The summed E-state index contributed by atoms with van der Waals surface area (Å²) >= 11 is 11.5. The van der Waals surface area contributed by atoms with Crippen molar-refractivity contribution in [2.75, 3.05) is 5.73 Å². The summed E-state index contributed by atoms with van der Waals surface area (Å²) in [6.45, 7) is 0. The molecule has 8 heteroatoms. The maximum absolute atomic E-state index is 10.2. The third-order valence-electron chi connectivity index (χ3n) is 3.67. The number of aromatic nitrogens is 2. The molecule has 1 fully saturated rings. The number of rotatable bonds is 2. The Hall–Kier alpha value is -2.31. The van der Waals surface area contributed by atoms with Crippen LogP contribution in [-0.2, 0) is 0 Å². The van der Waals surface area contributed by atoms with Crippen molar-refractivity contribution in [2.45, 2.75) is 18.8 Å². The van der Waals surface area contributed by atoms with E-state index in [-0.39, 0.29) is 16.4 Å². The molecule has 6 nitrogen and oxygen atoms in total. The van der Waals surface area contributed by atoms with Crippen LogP contribution in [0, 0.1) is 10.1 Å². The van der Waals surface area contributed by atoms with Crippen molar-refractivity contribution in [3.63, 3.8) is 0 Å². The van der Waals surface area contributed by atoms with Gasteiger partial charge in [-0.15, -0.1) is 0 Å². The van der Waals surface area contributed by atoms with Gasteiger partial charge in [0, 0.05) is 12.0 Å². The van der Waals surface area contributed by atoms with Crippen LogP contribution in [0.4, 0.5) is 11.4 Å². The molecule has 1 aliphatic carbocycles. The highest BCUT2D eigenvalue weighted by Gasteiger charge is 2.26. The summed E-state index contributed by atoms with van der Waals surface area (Å²) in [4.78, 5) is 17.5. The van der Waals surface area contributed by atoms with E-state index >= 15 is 0 Å². The van der Waals surface area contributed by atoms with E-state index in [1.165, 1.54) is 31.0 Å². The second-order valence-corrected chi connectivity index (χ2v) is 6.28. The maximum Gasteiger partial charge on any atom is 0.293 e. The molecule has 2 aromatic carbocycles. The van der Waals surface area contributed by atoms with Gasteiger partial charge in [-0.2, -0.15) is 0 Å². The van der Waals surface area contributed by atoms with E-state index in [1.54, 1.807) is 0 Å². The number of aromatic amines is 1. The second kappa shape index (κ2) is 6.67. The number of nitrogen functional groups attached to an aromatic ring is 1. The molecule has 0 spiro atoms. The molecule has 0 amide bonds. The molecule has 0 bridgehead atoms. The number of nitrogens with one attached hydrogen (secondary N) is 1. The predicted octanol–water partition coefficient (Wildman–Crippen LogP) is 4.92. The fourth-order valence-electron chi connectivity index (χ4n) is 2.25. The zero-order valence-electron chi connectivity index (χ0n) is 12.5. The first kappa shape index (κ1) is 16.5. The lowest BCUT2D eigenvalue weighted by molar-refractivity contribution is -0.383. The topological polar surface area (TPSA) is 97.8 Å². The van der Waals surface area contributed by atoms with Crippen LogP contribution < -0.4 is 5.73 Å². The Bertz CT molecular complexity index is 906. The molecule has 0 unspecified atom stereocenters. The molecule has 0 saturated heterocycles. The number of H-pyrrole nitrogens is 1. The minimum atomic E-state index is -0.568. The predicted molar refractivity (Wildman–Crippen MR) is 95.6 cm³/mol. The zero-order valence-corrected chi connectivity index (χ0v) is 14.0. The van der Waals surface area contributed by atoms with Crippen molar-refractivity contribution in [1.29, 1.82) is 0 Å². The van der Waals surface area contributed by atoms with E-state index in [0.29, 0.717) is 5.92 Å². The number of nitrogens with two attached hydrogens (primary N) is 1. The van der Waals surface area contributed by atoms with Crippen LogP contribution in [0.3, 0.4) is 0 Å². The van der Waals surface area contributed by atoms with Gasteiger partial charge in [-0.3, -0.25) is 10.1 Å². The van der Waals surface area contributed by atoms with Crippen LogP contribution in [0.15, 0.2) is 36.4 Å². The molecule has 1 aromatic heterocycles. The SMILES string of the molecule is Clc1cccc2[nH]c(C3CC3)nc12.Nc1c(Cl)cccc1[N+](=O)[O-]. The number of hydrogen-bond donors (Lipinski definition) is 2. The summed E-state index contributed by atoms with van der Waals surface area (Å²) in [7, 11) is 0. The number of fused-ring (bicyclic) bond motifs is 1. The fraction of sp³-hybridized carbons (Fsp3) is 0.188. The first-order valence-corrected chi connectivity index (χ1v) is 8.05. The van der Waals surface area contributed by atoms with Gasteiger partial charge >= 0.3 is 0 Å². The quantitative estimate of drug-likeness (QED) is 0.382. The molecule has 1 heterocycles. The Balaban J connectivity index is 0.000000144. The molecule has 1 saturated carbocycles. The van der Waals surface area contributed by atoms with Gasteiger partial charge in [0.25, 0.3) is 5.69 Å². The van der Waals surface area contributed by atoms with Crippen LogP contribution in [0.5, 0.6) is 0 Å². The Labute approximate surface area is 147 Å². The second-order valence-electron chi connectivity index (χ2n) is 5.46. The Morgan fingerprint density at radius 2 is 1.83 bits per heavy atom. The van der Waals surface area contributed by atoms with Gasteiger partial charge in [0.15, 0.2) is 0 Å². The van der Waals surface area contributed by atoms with Crippen LogP contribution in [0.25, 0.3) is 11.0 Å². The molecule has 4 rings (SSSR count). The van der Waals surface area contributed by atoms with Gasteiger partial charge in [0.1, 0.15) is 17.0 Å². The van der Waals surface area contributed by atoms with E-state index in [4.69, 9.17) is 28.9 Å². The number of nitro benzene ring substituents is 1. The smallest absolute Gasteiger partial charge is 0.293 e. The third-order valence-corrected chi connectivity index (χ3v) is 4.31. The number of imidazole rings is 1. The average Bonchev–Trinajstić information content (AvgIpc) is 3.30. The fourth-order valence-corrected chi connectivity index (χ4v) is 2.64. The van der Waals surface area contributed by atoms with Crippen molar-refractivity contribution in [3.8, 4) is 0 Å². The minimum absolute atomic E-state index is 0.0131. The summed E-state index contributed by atoms with van der Waals surface area (Å²) in [5.41, 5.74) is 7.13. The number of hydrogen-bond acceptors (Lipinski definition) is 4. The minimum Gasteiger partial charge on any atom is -0.392 e. The lowest BCUT2D eigenvalue weighted by Crippen LogP contribution is -1.95. The summed E-state index contributed by atoms with van der Waals surface area (Å²) in [6.07, 6.45) is 2.52. The lowest BCUT2D eigenvalue weighted by atomic mass is 10.3. The van der Waals surface area contributed by atoms with Crippen molar-refractivity contribution in [1.82, 2.24) is 9.97 Å². The van der Waals surface area contributed by atoms with Crippen LogP contribution >= 0.6 is 23.2 Å². The highest BCUT2D eigenvalue weighted by molar-refractivity contribution is 6.35. The number of para-hydroxylation sites is 2. The molecular weight excluding hydrogens is 351 g/mol. The van der Waals surface area contributed by atoms with Gasteiger partial charge in [-0.05, 0) is 31.0 Å². The number of nitrogens with zero attached hydrogens (tertiary/aromatic N) is 2. The van der Waals surface area contributed by atoms with Gasteiger partial charge < -0.3 is 10.7 Å². The summed E-state index contributed by atoms with van der Waals surface area (Å²) in [5.74, 6) is 1.76. The van der Waals surface area contributed by atoms with Crippen molar-refractivity contribution < 1.29 is 4.92 Å². The van der Waals surface area contributed by atoms with Crippen LogP contribution in [0.2, 0.25) is 10.0 Å². The largest absolute Gasteiger partial charge is 0.392 e. The van der Waals surface area contributed by atoms with E-state index < -0.39 is 4.92 Å². The molecule has 3 aromatic rings. The monoisotopic (exact) mass is 364 g/mol. The number of anilines is 1. The van der Waals surface area contributed by atoms with Crippen molar-refractivity contribution in [2.24, 2.45) is 0 Å². The van der Waals surface area contributed by atoms with E-state index in [9.17, 15) is 10.1 Å². The van der Waals surface area contributed by atoms with Crippen LogP contribution in [-0.4, -0.2) is 14.9 Å². The van der Waals surface area contributed by atoms with Crippen molar-refractivity contribution >= 4 is 45.6 Å². The first-order valence-electron chi connectivity index (χ1n) is 7.30. The normalized spacial score (nSPS) is 13.4. The maximum atomic E-state index is 10.2. The highest BCUT2D eigenvalue weighted by atomic mass is 35.5. The van der Waals surface area contributed by atoms with Gasteiger partial charge in [0.05, 0.1) is 20.5 Å². The molecule has 1 aliphatic rings. The molecule has 124 valence electrons. The number of halogens is 2. The zero-order chi connectivity index (χ0) is 17.3. The van der Waals surface area contributed by atoms with Gasteiger partial charge in [-0.1, -0.05) is 35.3 Å². The lowest BCUT2D eigenvalue weighted by Gasteiger charge is -1.96. The van der Waals surface area contributed by atoms with Crippen molar-refractivity contribution in [3.05, 3.63) is 62.4 Å². The first-order chi connectivity index (χ1) is 11.5. The molecule has 3 N–H and O–H groups in total. The van der Waals surface area contributed by atoms with Gasteiger partial charge in [-0.25, -0.2) is 4.98 Å². The van der Waals surface area contributed by atoms with E-state index in [1.807, 2.05) is 18.2 Å². The average molecular weight is 365 g/mol. The van der Waals surface area contributed by atoms with E-state index in [0.717, 1.165) is 21.9 Å². The highest BCUT2D eigenvalue weighted by Crippen LogP contribution is 2.39. The summed E-state index contributed by atoms with van der Waals surface area (Å²) < 4.78 is 0. The molecule has 0 radical (unpaired) electrons. The standard InChI is InChI=1S/C10H9ClN2.C6H5ClN2O2/c11-7-2-1-3-8-9(7)13-10(12-8)6-4-5-6;7-4-2-1-3-5(6(4)8)9(10)11/h1-3,6H,4-5H2,(H,12,13);1-3H,8H2. The van der Waals surface area contributed by atoms with E-state index in [2.05, 4.69) is 9.97 Å². The third kappa shape index (κ3) is 3.44. The summed E-state index contributed by atoms with van der Waals surface area (Å²) in [5, 5.41) is 11.2. The molecule has 0 aliphatic heterocycles. The molecule has 0 atom stereocenters. The Morgan fingerprint density at radius 1 is 1.17 bits per heavy atom. The number of nitro groups is 1. The van der Waals surface area contributed by atoms with Crippen LogP contribution in [0.1, 0.15) is 24.6 Å². The Morgan fingerprint density at radius 3 is 2.42 bits per heavy atom. The summed E-state index contributed by atoms with van der Waals surface area (Å²) in [6, 6.07) is 10.1. The molecule has 24 heavy (non-hydrogen) atoms. The van der Waals surface area contributed by atoms with Gasteiger partial charge in [0.2, 0.25) is 0 Å². The Kier molecular flexibility index (Phi) is 4.59.